The number of benzene rings is 1. The molecule has 3 rings (SSSR count). The lowest BCUT2D eigenvalue weighted by Crippen LogP contribution is -2.21. The van der Waals surface area contributed by atoms with Crippen LogP contribution in [0.25, 0.3) is 0 Å². The summed E-state index contributed by atoms with van der Waals surface area (Å²) in [4.78, 5) is 13.5. The predicted molar refractivity (Wildman–Crippen MR) is 127 cm³/mol. The highest BCUT2D eigenvalue weighted by Crippen LogP contribution is 2.16. The van der Waals surface area contributed by atoms with E-state index >= 15 is 0 Å². The van der Waals surface area contributed by atoms with Gasteiger partial charge >= 0.3 is 0 Å². The third-order valence-corrected chi connectivity index (χ3v) is 4.92. The van der Waals surface area contributed by atoms with Crippen LogP contribution in [0.3, 0.4) is 0 Å². The van der Waals surface area contributed by atoms with Crippen molar-refractivity contribution in [1.29, 1.82) is 0 Å². The topological polar surface area (TPSA) is 138 Å². The van der Waals surface area contributed by atoms with E-state index in [4.69, 9.17) is 24.7 Å². The first-order valence-electron chi connectivity index (χ1n) is 11.3. The van der Waals surface area contributed by atoms with Crippen LogP contribution in [0.5, 0.6) is 5.75 Å². The molecular weight excluding hydrogens is 426 g/mol. The Hall–Kier alpha value is -2.73. The summed E-state index contributed by atoms with van der Waals surface area (Å²) in [6, 6.07) is 7.84. The smallest absolute Gasteiger partial charge is 0.229 e. The zero-order chi connectivity index (χ0) is 23.1. The Morgan fingerprint density at radius 1 is 0.939 bits per heavy atom. The van der Waals surface area contributed by atoms with Crippen LogP contribution in [0.4, 0.5) is 17.8 Å². The molecule has 5 N–H and O–H groups in total. The Labute approximate surface area is 194 Å². The summed E-state index contributed by atoms with van der Waals surface area (Å²) >= 11 is 0. The summed E-state index contributed by atoms with van der Waals surface area (Å²) in [6.45, 7) is 5.20. The Kier molecular flexibility index (Phi) is 10.9. The normalized spacial score (nSPS) is 15.4. The Morgan fingerprint density at radius 3 is 2.30 bits per heavy atom. The van der Waals surface area contributed by atoms with E-state index in [9.17, 15) is 0 Å². The van der Waals surface area contributed by atoms with Crippen molar-refractivity contribution in [2.75, 3.05) is 75.7 Å². The number of anilines is 3. The number of hydrogen-bond donors (Lipinski definition) is 4. The molecular formula is C22H35N7O4. The molecule has 1 aromatic heterocycles. The quantitative estimate of drug-likeness (QED) is 0.270. The molecule has 0 bridgehead atoms. The molecule has 1 aromatic carbocycles. The molecule has 1 atom stereocenters. The predicted octanol–water partition coefficient (Wildman–Crippen LogP) is 1.49. The Balaban J connectivity index is 1.52. The maximum Gasteiger partial charge on any atom is 0.229 e. The fraction of sp³-hybridized carbons (Fsp3) is 0.591. The lowest BCUT2D eigenvalue weighted by molar-refractivity contribution is 0.0547. The highest BCUT2D eigenvalue weighted by molar-refractivity contribution is 5.43. The first-order valence-corrected chi connectivity index (χ1v) is 11.3. The summed E-state index contributed by atoms with van der Waals surface area (Å²) in [5.41, 5.74) is 6.47. The molecule has 182 valence electrons. The number of ether oxygens (including phenoxy) is 4. The Bertz CT molecular complexity index is 804. The van der Waals surface area contributed by atoms with E-state index in [1.807, 2.05) is 24.3 Å². The SMILES string of the molecule is COc1ccc(CNc2nc(NCCOCCOCCN)nc(NCC3CCCO3)n2)cc1. The van der Waals surface area contributed by atoms with Crippen molar-refractivity contribution in [2.45, 2.75) is 25.5 Å². The second kappa shape index (κ2) is 14.4. The summed E-state index contributed by atoms with van der Waals surface area (Å²) < 4.78 is 21.7. The van der Waals surface area contributed by atoms with Crippen LogP contribution in [0.15, 0.2) is 24.3 Å². The maximum absolute atomic E-state index is 5.68. The van der Waals surface area contributed by atoms with Crippen molar-refractivity contribution in [3.63, 3.8) is 0 Å². The number of methoxy groups -OCH3 is 1. The lowest BCUT2D eigenvalue weighted by atomic mass is 10.2. The van der Waals surface area contributed by atoms with Crippen LogP contribution in [-0.2, 0) is 20.8 Å². The van der Waals surface area contributed by atoms with Gasteiger partial charge in [0.25, 0.3) is 0 Å². The number of rotatable bonds is 16. The minimum Gasteiger partial charge on any atom is -0.497 e. The van der Waals surface area contributed by atoms with Gasteiger partial charge in [-0.05, 0) is 30.5 Å². The molecule has 33 heavy (non-hydrogen) atoms. The third kappa shape index (κ3) is 9.34. The van der Waals surface area contributed by atoms with Gasteiger partial charge < -0.3 is 40.6 Å². The lowest BCUT2D eigenvalue weighted by Gasteiger charge is -2.14. The van der Waals surface area contributed by atoms with Crippen LogP contribution in [-0.4, -0.2) is 80.8 Å². The molecule has 1 aliphatic rings. The third-order valence-electron chi connectivity index (χ3n) is 4.92. The van der Waals surface area contributed by atoms with E-state index in [0.717, 1.165) is 30.8 Å². The fourth-order valence-electron chi connectivity index (χ4n) is 3.19. The molecule has 0 aliphatic carbocycles. The van der Waals surface area contributed by atoms with Gasteiger partial charge in [-0.25, -0.2) is 0 Å². The van der Waals surface area contributed by atoms with E-state index in [0.29, 0.717) is 70.5 Å². The van der Waals surface area contributed by atoms with Crippen LogP contribution in [0.2, 0.25) is 0 Å². The highest BCUT2D eigenvalue weighted by atomic mass is 16.5. The van der Waals surface area contributed by atoms with Crippen molar-refractivity contribution < 1.29 is 18.9 Å². The van der Waals surface area contributed by atoms with Crippen molar-refractivity contribution in [2.24, 2.45) is 5.73 Å². The maximum atomic E-state index is 5.68. The van der Waals surface area contributed by atoms with E-state index < -0.39 is 0 Å². The molecule has 0 amide bonds. The summed E-state index contributed by atoms with van der Waals surface area (Å²) in [5, 5.41) is 9.73. The van der Waals surface area contributed by atoms with E-state index in [2.05, 4.69) is 30.9 Å². The fourth-order valence-corrected chi connectivity index (χ4v) is 3.19. The van der Waals surface area contributed by atoms with Gasteiger partial charge in [0.2, 0.25) is 17.8 Å². The van der Waals surface area contributed by atoms with Gasteiger partial charge in [0.05, 0.1) is 39.6 Å². The minimum absolute atomic E-state index is 0.184. The molecule has 2 aromatic rings. The van der Waals surface area contributed by atoms with Crippen molar-refractivity contribution in [1.82, 2.24) is 15.0 Å². The average Bonchev–Trinajstić information content (AvgIpc) is 3.37. The van der Waals surface area contributed by atoms with Gasteiger partial charge in [0.15, 0.2) is 0 Å². The summed E-state index contributed by atoms with van der Waals surface area (Å²) in [7, 11) is 1.65. The van der Waals surface area contributed by atoms with Crippen molar-refractivity contribution >= 4 is 17.8 Å². The molecule has 0 saturated carbocycles. The number of aromatic nitrogens is 3. The van der Waals surface area contributed by atoms with Gasteiger partial charge in [-0.1, -0.05) is 12.1 Å². The highest BCUT2D eigenvalue weighted by Gasteiger charge is 2.16. The van der Waals surface area contributed by atoms with Crippen LogP contribution in [0.1, 0.15) is 18.4 Å². The van der Waals surface area contributed by atoms with E-state index in [-0.39, 0.29) is 6.10 Å². The second-order valence-corrected chi connectivity index (χ2v) is 7.46. The molecule has 1 saturated heterocycles. The summed E-state index contributed by atoms with van der Waals surface area (Å²) in [5.74, 6) is 2.27. The van der Waals surface area contributed by atoms with Crippen molar-refractivity contribution in [3.05, 3.63) is 29.8 Å². The molecule has 1 unspecified atom stereocenters. The average molecular weight is 462 g/mol. The molecule has 1 fully saturated rings. The van der Waals surface area contributed by atoms with Crippen LogP contribution in [0, 0.1) is 0 Å². The first kappa shape index (κ1) is 24.9. The number of hydrogen-bond acceptors (Lipinski definition) is 11. The Morgan fingerprint density at radius 2 is 1.64 bits per heavy atom. The largest absolute Gasteiger partial charge is 0.497 e. The van der Waals surface area contributed by atoms with Gasteiger partial charge in [-0.2, -0.15) is 15.0 Å². The molecule has 1 aliphatic heterocycles. The van der Waals surface area contributed by atoms with Crippen molar-refractivity contribution in [3.8, 4) is 5.75 Å². The molecule has 2 heterocycles. The van der Waals surface area contributed by atoms with Crippen LogP contribution >= 0.6 is 0 Å². The zero-order valence-corrected chi connectivity index (χ0v) is 19.2. The van der Waals surface area contributed by atoms with E-state index in [1.54, 1.807) is 7.11 Å². The molecule has 0 spiro atoms. The molecule has 11 nitrogen and oxygen atoms in total. The second-order valence-electron chi connectivity index (χ2n) is 7.46. The molecule has 11 heteroatoms. The van der Waals surface area contributed by atoms with Gasteiger partial charge in [0.1, 0.15) is 5.75 Å². The van der Waals surface area contributed by atoms with Gasteiger partial charge in [0, 0.05) is 32.8 Å². The standard InChI is InChI=1S/C22H35N7O4/c1-30-18-6-4-17(5-7-18)15-25-21-27-20(24-9-12-32-14-13-31-11-8-23)28-22(29-21)26-16-19-3-2-10-33-19/h4-7,19H,2-3,8-16,23H2,1H3,(H3,24,25,26,27,28,29). The summed E-state index contributed by atoms with van der Waals surface area (Å²) in [6.07, 6.45) is 2.31. The number of nitrogens with zero attached hydrogens (tertiary/aromatic N) is 3. The zero-order valence-electron chi connectivity index (χ0n) is 19.2. The van der Waals surface area contributed by atoms with Crippen LogP contribution < -0.4 is 26.4 Å². The molecule has 0 radical (unpaired) electrons. The van der Waals surface area contributed by atoms with E-state index in [1.165, 1.54) is 0 Å². The van der Waals surface area contributed by atoms with Gasteiger partial charge in [-0.3, -0.25) is 0 Å². The monoisotopic (exact) mass is 461 g/mol. The minimum atomic E-state index is 0.184. The van der Waals surface area contributed by atoms with Gasteiger partial charge in [-0.15, -0.1) is 0 Å². The first-order chi connectivity index (χ1) is 16.3. The number of nitrogens with two attached hydrogens (primary N) is 1. The number of nitrogens with one attached hydrogen (secondary N) is 3.